The number of hydrogen-bond acceptors (Lipinski definition) is 3. The fourth-order valence-electron chi connectivity index (χ4n) is 3.63. The van der Waals surface area contributed by atoms with E-state index < -0.39 is 0 Å². The third kappa shape index (κ3) is 4.44. The van der Waals surface area contributed by atoms with Gasteiger partial charge in [0.1, 0.15) is 0 Å². The molecule has 0 spiro atoms. The van der Waals surface area contributed by atoms with Crippen molar-refractivity contribution in [3.63, 3.8) is 0 Å². The fraction of sp³-hybridized carbons (Fsp3) is 1.00. The Bertz CT molecular complexity index is 249. The standard InChI is InChI=1S/C16H32N2O/c1-4-6-16-11-15(8-10-19-16)18(13(2)3)12-14-7-5-9-17-14/h13-17H,4-12H2,1-3H3. The maximum atomic E-state index is 5.91. The molecule has 2 aliphatic heterocycles. The Hall–Kier alpha value is -0.120. The molecule has 2 saturated heterocycles. The smallest absolute Gasteiger partial charge is 0.0590 e. The molecule has 3 heteroatoms. The van der Waals surface area contributed by atoms with Gasteiger partial charge in [-0.1, -0.05) is 13.3 Å². The van der Waals surface area contributed by atoms with Gasteiger partial charge in [-0.2, -0.15) is 0 Å². The van der Waals surface area contributed by atoms with E-state index >= 15 is 0 Å². The van der Waals surface area contributed by atoms with Gasteiger partial charge in [0, 0.05) is 31.3 Å². The summed E-state index contributed by atoms with van der Waals surface area (Å²) in [6.45, 7) is 10.3. The van der Waals surface area contributed by atoms with E-state index in [9.17, 15) is 0 Å². The molecular formula is C16H32N2O. The van der Waals surface area contributed by atoms with Gasteiger partial charge in [0.15, 0.2) is 0 Å². The third-order valence-corrected chi connectivity index (χ3v) is 4.68. The Kier molecular flexibility index (Phi) is 6.11. The molecule has 0 aromatic carbocycles. The molecule has 2 fully saturated rings. The number of hydrogen-bond donors (Lipinski definition) is 1. The minimum Gasteiger partial charge on any atom is -0.378 e. The number of rotatable bonds is 6. The van der Waals surface area contributed by atoms with E-state index in [1.54, 1.807) is 0 Å². The molecule has 0 aromatic rings. The molecule has 1 N–H and O–H groups in total. The summed E-state index contributed by atoms with van der Waals surface area (Å²) in [6, 6.07) is 2.09. The molecule has 19 heavy (non-hydrogen) atoms. The Balaban J connectivity index is 1.89. The van der Waals surface area contributed by atoms with Crippen LogP contribution in [0.1, 0.15) is 59.3 Å². The van der Waals surface area contributed by atoms with Crippen LogP contribution in [0.25, 0.3) is 0 Å². The van der Waals surface area contributed by atoms with Crippen molar-refractivity contribution in [2.45, 2.75) is 83.5 Å². The van der Waals surface area contributed by atoms with Crippen LogP contribution in [0, 0.1) is 0 Å². The first-order valence-electron chi connectivity index (χ1n) is 8.31. The zero-order valence-corrected chi connectivity index (χ0v) is 13.0. The van der Waals surface area contributed by atoms with E-state index in [0.29, 0.717) is 12.1 Å². The van der Waals surface area contributed by atoms with Gasteiger partial charge in [-0.15, -0.1) is 0 Å². The largest absolute Gasteiger partial charge is 0.378 e. The highest BCUT2D eigenvalue weighted by Gasteiger charge is 2.30. The summed E-state index contributed by atoms with van der Waals surface area (Å²) in [5, 5.41) is 3.64. The molecule has 3 unspecified atom stereocenters. The van der Waals surface area contributed by atoms with E-state index in [1.165, 1.54) is 51.6 Å². The van der Waals surface area contributed by atoms with Gasteiger partial charge in [0.25, 0.3) is 0 Å². The van der Waals surface area contributed by atoms with Gasteiger partial charge in [0.2, 0.25) is 0 Å². The van der Waals surface area contributed by atoms with Crippen LogP contribution in [0.3, 0.4) is 0 Å². The molecule has 2 rings (SSSR count). The molecule has 0 radical (unpaired) electrons. The van der Waals surface area contributed by atoms with Gasteiger partial charge < -0.3 is 10.1 Å². The Morgan fingerprint density at radius 2 is 2.16 bits per heavy atom. The van der Waals surface area contributed by atoms with Crippen LogP contribution in [0.5, 0.6) is 0 Å². The predicted octanol–water partition coefficient (Wildman–Crippen LogP) is 2.80. The molecule has 2 heterocycles. The van der Waals surface area contributed by atoms with Crippen molar-refractivity contribution in [2.75, 3.05) is 19.7 Å². The first kappa shape index (κ1) is 15.3. The van der Waals surface area contributed by atoms with E-state index in [0.717, 1.165) is 18.7 Å². The van der Waals surface area contributed by atoms with Crippen LogP contribution in [-0.2, 0) is 4.74 Å². The average Bonchev–Trinajstić information content (AvgIpc) is 2.89. The minimum absolute atomic E-state index is 0.501. The summed E-state index contributed by atoms with van der Waals surface area (Å²) in [4.78, 5) is 2.73. The van der Waals surface area contributed by atoms with Crippen molar-refractivity contribution in [3.05, 3.63) is 0 Å². The Morgan fingerprint density at radius 1 is 1.32 bits per heavy atom. The monoisotopic (exact) mass is 268 g/mol. The number of nitrogens with one attached hydrogen (secondary N) is 1. The fourth-order valence-corrected chi connectivity index (χ4v) is 3.63. The highest BCUT2D eigenvalue weighted by atomic mass is 16.5. The van der Waals surface area contributed by atoms with Crippen LogP contribution < -0.4 is 5.32 Å². The number of ether oxygens (including phenoxy) is 1. The SMILES string of the molecule is CCCC1CC(N(CC2CCCN2)C(C)C)CCO1. The Morgan fingerprint density at radius 3 is 2.79 bits per heavy atom. The molecule has 112 valence electrons. The minimum atomic E-state index is 0.501. The maximum absolute atomic E-state index is 5.91. The molecule has 0 aliphatic carbocycles. The van der Waals surface area contributed by atoms with E-state index in [4.69, 9.17) is 4.74 Å². The van der Waals surface area contributed by atoms with Crippen molar-refractivity contribution < 1.29 is 4.74 Å². The van der Waals surface area contributed by atoms with Crippen molar-refractivity contribution >= 4 is 0 Å². The highest BCUT2D eigenvalue weighted by molar-refractivity contribution is 4.86. The van der Waals surface area contributed by atoms with Gasteiger partial charge >= 0.3 is 0 Å². The topological polar surface area (TPSA) is 24.5 Å². The first-order valence-corrected chi connectivity index (χ1v) is 8.31. The lowest BCUT2D eigenvalue weighted by Gasteiger charge is -2.41. The molecule has 0 bridgehead atoms. The van der Waals surface area contributed by atoms with E-state index in [1.807, 2.05) is 0 Å². The lowest BCUT2D eigenvalue weighted by atomic mass is 9.97. The van der Waals surface area contributed by atoms with Gasteiger partial charge in [0.05, 0.1) is 6.10 Å². The van der Waals surface area contributed by atoms with Crippen LogP contribution in [0.4, 0.5) is 0 Å². The summed E-state index contributed by atoms with van der Waals surface area (Å²) in [6.07, 6.45) is 8.12. The van der Waals surface area contributed by atoms with Crippen molar-refractivity contribution in [1.82, 2.24) is 10.2 Å². The molecule has 3 nitrogen and oxygen atoms in total. The lowest BCUT2D eigenvalue weighted by Crippen LogP contribution is -2.50. The summed E-state index contributed by atoms with van der Waals surface area (Å²) < 4.78 is 5.91. The van der Waals surface area contributed by atoms with Crippen LogP contribution in [0.15, 0.2) is 0 Å². The second-order valence-electron chi connectivity index (χ2n) is 6.54. The average molecular weight is 268 g/mol. The molecule has 0 saturated carbocycles. The summed E-state index contributed by atoms with van der Waals surface area (Å²) in [5.41, 5.74) is 0. The summed E-state index contributed by atoms with van der Waals surface area (Å²) >= 11 is 0. The van der Waals surface area contributed by atoms with Gasteiger partial charge in [-0.25, -0.2) is 0 Å². The van der Waals surface area contributed by atoms with Gasteiger partial charge in [-0.05, 0) is 52.5 Å². The van der Waals surface area contributed by atoms with Crippen molar-refractivity contribution in [1.29, 1.82) is 0 Å². The van der Waals surface area contributed by atoms with Crippen LogP contribution in [0.2, 0.25) is 0 Å². The van der Waals surface area contributed by atoms with Crippen LogP contribution >= 0.6 is 0 Å². The zero-order valence-electron chi connectivity index (χ0n) is 13.0. The van der Waals surface area contributed by atoms with Crippen molar-refractivity contribution in [3.8, 4) is 0 Å². The normalized spacial score (nSPS) is 32.4. The second kappa shape index (κ2) is 7.61. The summed E-state index contributed by atoms with van der Waals surface area (Å²) in [5.74, 6) is 0. The zero-order chi connectivity index (χ0) is 13.7. The Labute approximate surface area is 119 Å². The maximum Gasteiger partial charge on any atom is 0.0590 e. The van der Waals surface area contributed by atoms with Gasteiger partial charge in [-0.3, -0.25) is 4.90 Å². The predicted molar refractivity (Wildman–Crippen MR) is 80.5 cm³/mol. The molecule has 3 atom stereocenters. The highest BCUT2D eigenvalue weighted by Crippen LogP contribution is 2.24. The molecule has 0 aromatic heterocycles. The third-order valence-electron chi connectivity index (χ3n) is 4.68. The molecular weight excluding hydrogens is 236 g/mol. The van der Waals surface area contributed by atoms with E-state index in [2.05, 4.69) is 31.0 Å². The van der Waals surface area contributed by atoms with E-state index in [-0.39, 0.29) is 0 Å². The quantitative estimate of drug-likeness (QED) is 0.801. The molecule has 0 amide bonds. The lowest BCUT2D eigenvalue weighted by molar-refractivity contribution is -0.0387. The second-order valence-corrected chi connectivity index (χ2v) is 6.54. The summed E-state index contributed by atoms with van der Waals surface area (Å²) in [7, 11) is 0. The van der Waals surface area contributed by atoms with Crippen molar-refractivity contribution in [2.24, 2.45) is 0 Å². The molecule has 2 aliphatic rings. The first-order chi connectivity index (χ1) is 9.20. The number of nitrogens with zero attached hydrogens (tertiary/aromatic N) is 1. The van der Waals surface area contributed by atoms with Crippen LogP contribution in [-0.4, -0.2) is 48.8 Å².